The first-order chi connectivity index (χ1) is 10.4. The highest BCUT2D eigenvalue weighted by atomic mass is 16.5. The minimum Gasteiger partial charge on any atom is -0.493 e. The third-order valence-electron chi connectivity index (χ3n) is 4.83. The van der Waals surface area contributed by atoms with Gasteiger partial charge in [-0.25, -0.2) is 0 Å². The lowest BCUT2D eigenvalue weighted by Gasteiger charge is -2.33. The number of benzene rings is 1. The molecule has 0 saturated heterocycles. The van der Waals surface area contributed by atoms with E-state index in [0.717, 1.165) is 11.3 Å². The second kappa shape index (κ2) is 5.28. The number of aliphatic carboxylic acids is 2. The molecule has 6 nitrogen and oxygen atoms in total. The average Bonchev–Trinajstić information content (AvgIpc) is 3.28. The molecule has 1 heterocycles. The maximum Gasteiger partial charge on any atom is 0.324 e. The van der Waals surface area contributed by atoms with Crippen LogP contribution in [-0.4, -0.2) is 34.3 Å². The molecule has 1 fully saturated rings. The molecule has 1 aliphatic carbocycles. The molecule has 1 saturated carbocycles. The lowest BCUT2D eigenvalue weighted by atomic mass is 9.78. The van der Waals surface area contributed by atoms with Gasteiger partial charge >= 0.3 is 11.9 Å². The third-order valence-corrected chi connectivity index (χ3v) is 4.83. The van der Waals surface area contributed by atoms with Crippen molar-refractivity contribution in [2.24, 2.45) is 17.6 Å². The molecule has 0 spiro atoms. The van der Waals surface area contributed by atoms with Crippen molar-refractivity contribution in [3.05, 3.63) is 29.8 Å². The molecule has 0 aromatic heterocycles. The number of nitrogens with two attached hydrogens (primary N) is 1. The molecule has 2 aliphatic rings. The van der Waals surface area contributed by atoms with Crippen molar-refractivity contribution >= 4 is 11.9 Å². The molecule has 22 heavy (non-hydrogen) atoms. The molecule has 6 heteroatoms. The molecule has 118 valence electrons. The first-order valence-corrected chi connectivity index (χ1v) is 7.40. The van der Waals surface area contributed by atoms with Crippen LogP contribution in [0.25, 0.3) is 0 Å². The van der Waals surface area contributed by atoms with Crippen LogP contribution in [0.3, 0.4) is 0 Å². The first kappa shape index (κ1) is 14.8. The third kappa shape index (κ3) is 2.43. The summed E-state index contributed by atoms with van der Waals surface area (Å²) in [5.74, 6) is -2.49. The standard InChI is InChI=1S/C16H19NO5/c17-16(15(20)21,12-7-11(12)14(18)19)8-9-5-6-22-13-4-2-1-3-10(9)13/h1-4,9,11-12H,5-8,17H2,(H,18,19)(H,20,21)/t9?,11-,12-,16?/m0/s1. The van der Waals surface area contributed by atoms with Crippen LogP contribution < -0.4 is 10.5 Å². The molecule has 2 unspecified atom stereocenters. The van der Waals surface area contributed by atoms with Crippen LogP contribution in [0, 0.1) is 11.8 Å². The summed E-state index contributed by atoms with van der Waals surface area (Å²) in [5, 5.41) is 18.6. The number of rotatable bonds is 5. The van der Waals surface area contributed by atoms with Gasteiger partial charge in [0.25, 0.3) is 0 Å². The van der Waals surface area contributed by atoms with Gasteiger partial charge < -0.3 is 20.7 Å². The lowest BCUT2D eigenvalue weighted by Crippen LogP contribution is -2.52. The number of hydrogen-bond acceptors (Lipinski definition) is 4. The molecule has 0 bridgehead atoms. The van der Waals surface area contributed by atoms with Crippen molar-refractivity contribution in [2.45, 2.75) is 30.7 Å². The van der Waals surface area contributed by atoms with Gasteiger partial charge in [-0.15, -0.1) is 0 Å². The predicted molar refractivity (Wildman–Crippen MR) is 77.7 cm³/mol. The van der Waals surface area contributed by atoms with E-state index < -0.39 is 29.3 Å². The number of hydrogen-bond donors (Lipinski definition) is 3. The minimum atomic E-state index is -1.50. The number of para-hydroxylation sites is 1. The fraction of sp³-hybridized carbons (Fsp3) is 0.500. The second-order valence-corrected chi connectivity index (χ2v) is 6.21. The highest BCUT2D eigenvalue weighted by Crippen LogP contribution is 2.50. The number of carbonyl (C=O) groups is 2. The van der Waals surface area contributed by atoms with Gasteiger partial charge in [0.15, 0.2) is 0 Å². The minimum absolute atomic E-state index is 0.0268. The Morgan fingerprint density at radius 2 is 2.05 bits per heavy atom. The Morgan fingerprint density at radius 1 is 1.32 bits per heavy atom. The predicted octanol–water partition coefficient (Wildman–Crippen LogP) is 1.45. The topological polar surface area (TPSA) is 110 Å². The van der Waals surface area contributed by atoms with E-state index in [9.17, 15) is 14.7 Å². The van der Waals surface area contributed by atoms with E-state index in [1.54, 1.807) is 0 Å². The molecular formula is C16H19NO5. The summed E-state index contributed by atoms with van der Waals surface area (Å²) in [7, 11) is 0. The van der Waals surface area contributed by atoms with Gasteiger partial charge in [0.1, 0.15) is 11.3 Å². The van der Waals surface area contributed by atoms with Gasteiger partial charge in [-0.2, -0.15) is 0 Å². The van der Waals surface area contributed by atoms with E-state index in [-0.39, 0.29) is 12.3 Å². The molecule has 1 aliphatic heterocycles. The van der Waals surface area contributed by atoms with Gasteiger partial charge in [0.05, 0.1) is 12.5 Å². The molecule has 3 rings (SSSR count). The Morgan fingerprint density at radius 3 is 2.68 bits per heavy atom. The van der Waals surface area contributed by atoms with E-state index in [0.29, 0.717) is 19.4 Å². The fourth-order valence-corrected chi connectivity index (χ4v) is 3.47. The van der Waals surface area contributed by atoms with Crippen molar-refractivity contribution in [2.75, 3.05) is 6.61 Å². The number of carboxylic acid groups (broad SMARTS) is 2. The molecular weight excluding hydrogens is 286 g/mol. The molecule has 4 atom stereocenters. The molecule has 0 amide bonds. The Bertz CT molecular complexity index is 616. The fourth-order valence-electron chi connectivity index (χ4n) is 3.47. The number of carboxylic acids is 2. The summed E-state index contributed by atoms with van der Waals surface area (Å²) in [5.41, 5.74) is 5.61. The van der Waals surface area contributed by atoms with E-state index in [1.807, 2.05) is 24.3 Å². The number of fused-ring (bicyclic) bond motifs is 1. The highest BCUT2D eigenvalue weighted by Gasteiger charge is 2.59. The Labute approximate surface area is 127 Å². The van der Waals surface area contributed by atoms with Gasteiger partial charge in [-0.3, -0.25) is 9.59 Å². The van der Waals surface area contributed by atoms with E-state index in [2.05, 4.69) is 0 Å². The summed E-state index contributed by atoms with van der Waals surface area (Å²) in [6.07, 6.45) is 1.26. The zero-order valence-electron chi connectivity index (χ0n) is 12.1. The lowest BCUT2D eigenvalue weighted by molar-refractivity contribution is -0.145. The summed E-state index contributed by atoms with van der Waals surface area (Å²) >= 11 is 0. The summed E-state index contributed by atoms with van der Waals surface area (Å²) in [4.78, 5) is 22.8. The second-order valence-electron chi connectivity index (χ2n) is 6.21. The van der Waals surface area contributed by atoms with Crippen molar-refractivity contribution < 1.29 is 24.5 Å². The van der Waals surface area contributed by atoms with Crippen molar-refractivity contribution in [3.63, 3.8) is 0 Å². The van der Waals surface area contributed by atoms with Crippen molar-refractivity contribution in [3.8, 4) is 5.75 Å². The molecule has 1 aromatic carbocycles. The van der Waals surface area contributed by atoms with Crippen LogP contribution in [-0.2, 0) is 9.59 Å². The van der Waals surface area contributed by atoms with Crippen LogP contribution in [0.2, 0.25) is 0 Å². The zero-order chi connectivity index (χ0) is 15.9. The Hall–Kier alpha value is -2.08. The maximum absolute atomic E-state index is 11.7. The van der Waals surface area contributed by atoms with E-state index in [4.69, 9.17) is 15.6 Å². The quantitative estimate of drug-likeness (QED) is 0.759. The number of ether oxygens (including phenoxy) is 1. The van der Waals surface area contributed by atoms with Gasteiger partial charge in [-0.05, 0) is 36.8 Å². The van der Waals surface area contributed by atoms with Crippen molar-refractivity contribution in [1.29, 1.82) is 0 Å². The Kier molecular flexibility index (Phi) is 3.56. The van der Waals surface area contributed by atoms with Crippen LogP contribution in [0.5, 0.6) is 5.75 Å². The normalized spacial score (nSPS) is 28.9. The van der Waals surface area contributed by atoms with Gasteiger partial charge in [0, 0.05) is 5.92 Å². The van der Waals surface area contributed by atoms with E-state index >= 15 is 0 Å². The molecule has 4 N–H and O–H groups in total. The maximum atomic E-state index is 11.7. The Balaban J connectivity index is 1.84. The van der Waals surface area contributed by atoms with Crippen LogP contribution in [0.1, 0.15) is 30.7 Å². The zero-order valence-corrected chi connectivity index (χ0v) is 12.1. The smallest absolute Gasteiger partial charge is 0.324 e. The largest absolute Gasteiger partial charge is 0.493 e. The molecule has 1 aromatic rings. The SMILES string of the molecule is NC(CC1CCOc2ccccc21)(C(=O)O)[C@H]1C[C@@H]1C(=O)O. The van der Waals surface area contributed by atoms with Crippen LogP contribution in [0.4, 0.5) is 0 Å². The summed E-state index contributed by atoms with van der Waals surface area (Å²) in [6, 6.07) is 7.53. The van der Waals surface area contributed by atoms with Crippen LogP contribution >= 0.6 is 0 Å². The molecule has 0 radical (unpaired) electrons. The monoisotopic (exact) mass is 305 g/mol. The van der Waals surface area contributed by atoms with Crippen LogP contribution in [0.15, 0.2) is 24.3 Å². The highest BCUT2D eigenvalue weighted by molar-refractivity contribution is 5.83. The summed E-state index contributed by atoms with van der Waals surface area (Å²) < 4.78 is 5.58. The van der Waals surface area contributed by atoms with E-state index in [1.165, 1.54) is 0 Å². The average molecular weight is 305 g/mol. The summed E-state index contributed by atoms with van der Waals surface area (Å²) in [6.45, 7) is 0.518. The van der Waals surface area contributed by atoms with Gasteiger partial charge in [0.2, 0.25) is 0 Å². The van der Waals surface area contributed by atoms with Gasteiger partial charge in [-0.1, -0.05) is 18.2 Å². The first-order valence-electron chi connectivity index (χ1n) is 7.40. The van der Waals surface area contributed by atoms with Crippen molar-refractivity contribution in [1.82, 2.24) is 0 Å².